The minimum atomic E-state index is -0.00551. The molecule has 3 heteroatoms. The zero-order valence-corrected chi connectivity index (χ0v) is 11.2. The van der Waals surface area contributed by atoms with Crippen LogP contribution in [-0.2, 0) is 6.42 Å². The predicted molar refractivity (Wildman–Crippen MR) is 72.1 cm³/mol. The average molecular weight is 247 g/mol. The number of hydrogen-bond acceptors (Lipinski definition) is 2. The Morgan fingerprint density at radius 1 is 1.39 bits per heavy atom. The molecule has 1 N–H and O–H groups in total. The molecule has 3 nitrogen and oxygen atoms in total. The number of carbonyl (C=O) groups is 1. The molecule has 0 atom stereocenters. The summed E-state index contributed by atoms with van der Waals surface area (Å²) in [6, 6.07) is 6.16. The van der Waals surface area contributed by atoms with E-state index in [0.29, 0.717) is 17.4 Å². The highest BCUT2D eigenvalue weighted by molar-refractivity contribution is 5.97. The van der Waals surface area contributed by atoms with Crippen LogP contribution in [-0.4, -0.2) is 19.1 Å². The molecule has 1 amide bonds. The molecule has 2 rings (SSSR count). The Labute approximate surface area is 109 Å². The fourth-order valence-electron chi connectivity index (χ4n) is 2.49. The largest absolute Gasteiger partial charge is 0.496 e. The molecule has 0 aliphatic heterocycles. The smallest absolute Gasteiger partial charge is 0.255 e. The minimum absolute atomic E-state index is 0.00551. The Morgan fingerprint density at radius 3 is 2.72 bits per heavy atom. The number of rotatable bonds is 4. The molecule has 1 aliphatic carbocycles. The molecule has 1 aromatic carbocycles. The van der Waals surface area contributed by atoms with E-state index in [1.807, 2.05) is 18.2 Å². The third-order valence-corrected chi connectivity index (χ3v) is 3.61. The lowest BCUT2D eigenvalue weighted by Crippen LogP contribution is -2.32. The number of aryl methyl sites for hydroxylation is 1. The lowest BCUT2D eigenvalue weighted by Gasteiger charge is -2.14. The predicted octanol–water partition coefficient (Wildman–Crippen LogP) is 2.93. The molecule has 1 saturated carbocycles. The standard InChI is InChI=1S/C15H21NO2/c1-3-11-8-9-14(18-2)13(10-11)15(17)16-12-6-4-5-7-12/h8-10,12H,3-7H2,1-2H3,(H,16,17). The Kier molecular flexibility index (Phi) is 4.24. The van der Waals surface area contributed by atoms with E-state index in [-0.39, 0.29) is 5.91 Å². The zero-order chi connectivity index (χ0) is 13.0. The van der Waals surface area contributed by atoms with Gasteiger partial charge in [0, 0.05) is 6.04 Å². The Morgan fingerprint density at radius 2 is 2.11 bits per heavy atom. The van der Waals surface area contributed by atoms with E-state index in [4.69, 9.17) is 4.74 Å². The van der Waals surface area contributed by atoms with Crippen molar-refractivity contribution in [3.8, 4) is 5.75 Å². The van der Waals surface area contributed by atoms with Crippen molar-refractivity contribution in [2.75, 3.05) is 7.11 Å². The second kappa shape index (κ2) is 5.89. The highest BCUT2D eigenvalue weighted by Crippen LogP contribution is 2.22. The van der Waals surface area contributed by atoms with Crippen molar-refractivity contribution in [1.82, 2.24) is 5.32 Å². The van der Waals surface area contributed by atoms with Crippen LogP contribution in [0.3, 0.4) is 0 Å². The summed E-state index contributed by atoms with van der Waals surface area (Å²) in [6.07, 6.45) is 5.56. The highest BCUT2D eigenvalue weighted by Gasteiger charge is 2.20. The number of amides is 1. The molecule has 1 aliphatic rings. The number of methoxy groups -OCH3 is 1. The maximum atomic E-state index is 12.3. The van der Waals surface area contributed by atoms with Gasteiger partial charge in [0.05, 0.1) is 12.7 Å². The van der Waals surface area contributed by atoms with Gasteiger partial charge in [-0.15, -0.1) is 0 Å². The first kappa shape index (κ1) is 12.9. The fourth-order valence-corrected chi connectivity index (χ4v) is 2.49. The van der Waals surface area contributed by atoms with Gasteiger partial charge >= 0.3 is 0 Å². The van der Waals surface area contributed by atoms with Crippen molar-refractivity contribution in [3.63, 3.8) is 0 Å². The lowest BCUT2D eigenvalue weighted by molar-refractivity contribution is 0.0934. The monoisotopic (exact) mass is 247 g/mol. The van der Waals surface area contributed by atoms with E-state index in [0.717, 1.165) is 24.8 Å². The number of nitrogens with one attached hydrogen (secondary N) is 1. The second-order valence-electron chi connectivity index (χ2n) is 4.84. The van der Waals surface area contributed by atoms with E-state index >= 15 is 0 Å². The van der Waals surface area contributed by atoms with Gasteiger partial charge in [0.2, 0.25) is 0 Å². The van der Waals surface area contributed by atoms with Crippen molar-refractivity contribution in [2.45, 2.75) is 45.1 Å². The first-order valence-electron chi connectivity index (χ1n) is 6.72. The van der Waals surface area contributed by atoms with Gasteiger partial charge in [-0.1, -0.05) is 25.8 Å². The van der Waals surface area contributed by atoms with Gasteiger partial charge < -0.3 is 10.1 Å². The van der Waals surface area contributed by atoms with Crippen LogP contribution in [0.15, 0.2) is 18.2 Å². The molecule has 0 aromatic heterocycles. The van der Waals surface area contributed by atoms with Gasteiger partial charge in [0.1, 0.15) is 5.75 Å². The van der Waals surface area contributed by atoms with Gasteiger partial charge in [-0.2, -0.15) is 0 Å². The quantitative estimate of drug-likeness (QED) is 0.888. The van der Waals surface area contributed by atoms with Crippen LogP contribution < -0.4 is 10.1 Å². The molecule has 0 saturated heterocycles. The number of hydrogen-bond donors (Lipinski definition) is 1. The summed E-state index contributed by atoms with van der Waals surface area (Å²) in [5.74, 6) is 0.650. The van der Waals surface area contributed by atoms with E-state index in [9.17, 15) is 4.79 Å². The van der Waals surface area contributed by atoms with Crippen molar-refractivity contribution in [1.29, 1.82) is 0 Å². The third-order valence-electron chi connectivity index (χ3n) is 3.61. The number of ether oxygens (including phenoxy) is 1. The summed E-state index contributed by atoms with van der Waals surface area (Å²) in [6.45, 7) is 2.08. The van der Waals surface area contributed by atoms with Crippen LogP contribution in [0.1, 0.15) is 48.5 Å². The van der Waals surface area contributed by atoms with Crippen LogP contribution in [0.4, 0.5) is 0 Å². The third kappa shape index (κ3) is 2.84. The molecular weight excluding hydrogens is 226 g/mol. The maximum absolute atomic E-state index is 12.3. The van der Waals surface area contributed by atoms with Crippen LogP contribution in [0.2, 0.25) is 0 Å². The van der Waals surface area contributed by atoms with Crippen LogP contribution >= 0.6 is 0 Å². The van der Waals surface area contributed by atoms with Crippen molar-refractivity contribution in [2.24, 2.45) is 0 Å². The normalized spacial score (nSPS) is 15.7. The molecular formula is C15H21NO2. The van der Waals surface area contributed by atoms with Gasteiger partial charge in [-0.25, -0.2) is 0 Å². The molecule has 0 spiro atoms. The fraction of sp³-hybridized carbons (Fsp3) is 0.533. The number of benzene rings is 1. The molecule has 0 heterocycles. The minimum Gasteiger partial charge on any atom is -0.496 e. The molecule has 0 unspecified atom stereocenters. The first-order chi connectivity index (χ1) is 8.74. The molecule has 0 bridgehead atoms. The van der Waals surface area contributed by atoms with Gasteiger partial charge in [-0.3, -0.25) is 4.79 Å². The Hall–Kier alpha value is -1.51. The Bertz CT molecular complexity index is 423. The lowest BCUT2D eigenvalue weighted by atomic mass is 10.1. The summed E-state index contributed by atoms with van der Waals surface area (Å²) in [5, 5.41) is 3.10. The first-order valence-corrected chi connectivity index (χ1v) is 6.72. The van der Waals surface area contributed by atoms with E-state index < -0.39 is 0 Å². The molecule has 0 radical (unpaired) electrons. The Balaban J connectivity index is 2.16. The van der Waals surface area contributed by atoms with Gasteiger partial charge in [-0.05, 0) is 37.0 Å². The van der Waals surface area contributed by atoms with Crippen LogP contribution in [0, 0.1) is 0 Å². The summed E-state index contributed by atoms with van der Waals surface area (Å²) in [7, 11) is 1.60. The summed E-state index contributed by atoms with van der Waals surface area (Å²) in [5.41, 5.74) is 1.82. The average Bonchev–Trinajstić information content (AvgIpc) is 2.90. The number of carbonyl (C=O) groups excluding carboxylic acids is 1. The van der Waals surface area contributed by atoms with E-state index in [1.165, 1.54) is 12.8 Å². The maximum Gasteiger partial charge on any atom is 0.255 e. The SMILES string of the molecule is CCc1ccc(OC)c(C(=O)NC2CCCC2)c1. The summed E-state index contributed by atoms with van der Waals surface area (Å²) in [4.78, 5) is 12.3. The van der Waals surface area contributed by atoms with Crippen molar-refractivity contribution < 1.29 is 9.53 Å². The zero-order valence-electron chi connectivity index (χ0n) is 11.2. The summed E-state index contributed by atoms with van der Waals surface area (Å²) >= 11 is 0. The highest BCUT2D eigenvalue weighted by atomic mass is 16.5. The molecule has 98 valence electrons. The molecule has 18 heavy (non-hydrogen) atoms. The van der Waals surface area contributed by atoms with Gasteiger partial charge in [0.15, 0.2) is 0 Å². The summed E-state index contributed by atoms with van der Waals surface area (Å²) < 4.78 is 5.27. The van der Waals surface area contributed by atoms with Gasteiger partial charge in [0.25, 0.3) is 5.91 Å². The van der Waals surface area contributed by atoms with E-state index in [2.05, 4.69) is 12.2 Å². The van der Waals surface area contributed by atoms with Crippen LogP contribution in [0.25, 0.3) is 0 Å². The topological polar surface area (TPSA) is 38.3 Å². The van der Waals surface area contributed by atoms with Crippen LogP contribution in [0.5, 0.6) is 5.75 Å². The van der Waals surface area contributed by atoms with Crippen molar-refractivity contribution >= 4 is 5.91 Å². The van der Waals surface area contributed by atoms with E-state index in [1.54, 1.807) is 7.11 Å². The molecule has 1 fully saturated rings. The second-order valence-corrected chi connectivity index (χ2v) is 4.84. The van der Waals surface area contributed by atoms with Crippen molar-refractivity contribution in [3.05, 3.63) is 29.3 Å². The molecule has 1 aromatic rings.